The minimum Gasteiger partial charge on any atom is -0.369 e. The predicted octanol–water partition coefficient (Wildman–Crippen LogP) is 4.44. The van der Waals surface area contributed by atoms with Gasteiger partial charge in [0.1, 0.15) is 0 Å². The highest BCUT2D eigenvalue weighted by Gasteiger charge is 2.27. The zero-order chi connectivity index (χ0) is 15.5. The Morgan fingerprint density at radius 2 is 1.57 bits per heavy atom. The molecule has 23 heavy (non-hydrogen) atoms. The number of para-hydroxylation sites is 1. The van der Waals surface area contributed by atoms with E-state index in [1.807, 2.05) is 11.8 Å². The summed E-state index contributed by atoms with van der Waals surface area (Å²) in [6, 6.07) is 20.5. The van der Waals surface area contributed by atoms with Crippen molar-refractivity contribution in [2.75, 3.05) is 36.8 Å². The number of piperazine rings is 1. The van der Waals surface area contributed by atoms with E-state index in [-0.39, 0.29) is 0 Å². The number of fused-ring (bicyclic) bond motifs is 1. The molecule has 2 nitrogen and oxygen atoms in total. The van der Waals surface area contributed by atoms with E-state index < -0.39 is 0 Å². The van der Waals surface area contributed by atoms with E-state index in [9.17, 15) is 0 Å². The molecule has 2 heterocycles. The van der Waals surface area contributed by atoms with Gasteiger partial charge in [0.15, 0.2) is 0 Å². The van der Waals surface area contributed by atoms with Crippen LogP contribution in [-0.4, -0.2) is 36.8 Å². The Hall–Kier alpha value is -1.45. The van der Waals surface area contributed by atoms with Gasteiger partial charge >= 0.3 is 0 Å². The number of benzene rings is 2. The van der Waals surface area contributed by atoms with Gasteiger partial charge in [-0.2, -0.15) is 0 Å². The average molecular weight is 324 g/mol. The van der Waals surface area contributed by atoms with Gasteiger partial charge in [0.05, 0.1) is 0 Å². The maximum absolute atomic E-state index is 2.71. The van der Waals surface area contributed by atoms with Crippen LogP contribution in [0.1, 0.15) is 24.4 Å². The van der Waals surface area contributed by atoms with Crippen molar-refractivity contribution in [3.8, 4) is 0 Å². The Kier molecular flexibility index (Phi) is 4.58. The van der Waals surface area contributed by atoms with Crippen LogP contribution in [0.3, 0.4) is 0 Å². The molecule has 0 aromatic heterocycles. The monoisotopic (exact) mass is 324 g/mol. The molecule has 2 aromatic rings. The second kappa shape index (κ2) is 6.98. The van der Waals surface area contributed by atoms with Gasteiger partial charge in [-0.3, -0.25) is 4.90 Å². The van der Waals surface area contributed by atoms with Crippen molar-refractivity contribution >= 4 is 17.4 Å². The zero-order valence-electron chi connectivity index (χ0n) is 13.5. The fraction of sp³-hybridized carbons (Fsp3) is 0.400. The molecular weight excluding hydrogens is 300 g/mol. The van der Waals surface area contributed by atoms with Crippen LogP contribution in [0.15, 0.2) is 59.5 Å². The molecule has 0 radical (unpaired) electrons. The average Bonchev–Trinajstić information content (AvgIpc) is 2.85. The van der Waals surface area contributed by atoms with Gasteiger partial charge in [-0.1, -0.05) is 36.4 Å². The van der Waals surface area contributed by atoms with Gasteiger partial charge in [0.2, 0.25) is 0 Å². The third-order valence-electron chi connectivity index (χ3n) is 5.03. The van der Waals surface area contributed by atoms with Crippen LogP contribution in [0.5, 0.6) is 0 Å². The molecule has 0 spiro atoms. The van der Waals surface area contributed by atoms with Gasteiger partial charge in [-0.05, 0) is 42.4 Å². The lowest BCUT2D eigenvalue weighted by Crippen LogP contribution is -2.47. The van der Waals surface area contributed by atoms with Crippen molar-refractivity contribution in [1.29, 1.82) is 0 Å². The third-order valence-corrected chi connectivity index (χ3v) is 6.21. The fourth-order valence-corrected chi connectivity index (χ4v) is 4.89. The quantitative estimate of drug-likeness (QED) is 0.806. The van der Waals surface area contributed by atoms with E-state index in [2.05, 4.69) is 64.4 Å². The molecule has 120 valence electrons. The van der Waals surface area contributed by atoms with E-state index in [1.54, 1.807) is 5.56 Å². The molecule has 2 aromatic carbocycles. The van der Waals surface area contributed by atoms with Gasteiger partial charge in [0, 0.05) is 42.8 Å². The SMILES string of the molecule is c1ccc(N2CCN(C3CCCSc4ccccc43)CC2)cc1. The van der Waals surface area contributed by atoms with Crippen molar-refractivity contribution in [1.82, 2.24) is 4.90 Å². The summed E-state index contributed by atoms with van der Waals surface area (Å²) in [6.07, 6.45) is 2.62. The highest BCUT2D eigenvalue weighted by Crippen LogP contribution is 2.38. The van der Waals surface area contributed by atoms with E-state index in [0.717, 1.165) is 13.1 Å². The molecule has 1 atom stereocenters. The van der Waals surface area contributed by atoms with E-state index in [0.29, 0.717) is 6.04 Å². The molecule has 4 rings (SSSR count). The Labute approximate surface area is 143 Å². The lowest BCUT2D eigenvalue weighted by molar-refractivity contribution is 0.175. The van der Waals surface area contributed by atoms with E-state index in [1.165, 1.54) is 42.3 Å². The van der Waals surface area contributed by atoms with Crippen LogP contribution in [0.2, 0.25) is 0 Å². The maximum Gasteiger partial charge on any atom is 0.0367 e. The van der Waals surface area contributed by atoms with Gasteiger partial charge < -0.3 is 4.90 Å². The fourth-order valence-electron chi connectivity index (χ4n) is 3.81. The summed E-state index contributed by atoms with van der Waals surface area (Å²) in [6.45, 7) is 4.60. The van der Waals surface area contributed by atoms with E-state index >= 15 is 0 Å². The lowest BCUT2D eigenvalue weighted by Gasteiger charge is -2.40. The van der Waals surface area contributed by atoms with Gasteiger partial charge in [0.25, 0.3) is 0 Å². The van der Waals surface area contributed by atoms with Crippen molar-refractivity contribution in [3.63, 3.8) is 0 Å². The predicted molar refractivity (Wildman–Crippen MR) is 99.4 cm³/mol. The summed E-state index contributed by atoms with van der Waals surface area (Å²) in [5.74, 6) is 1.26. The third kappa shape index (κ3) is 3.26. The van der Waals surface area contributed by atoms with Crippen molar-refractivity contribution in [3.05, 3.63) is 60.2 Å². The first-order valence-corrected chi connectivity index (χ1v) is 9.66. The van der Waals surface area contributed by atoms with Crippen LogP contribution in [0.4, 0.5) is 5.69 Å². The molecule has 0 amide bonds. The number of nitrogens with zero attached hydrogens (tertiary/aromatic N) is 2. The number of rotatable bonds is 2. The van der Waals surface area contributed by atoms with E-state index in [4.69, 9.17) is 0 Å². The van der Waals surface area contributed by atoms with Crippen molar-refractivity contribution < 1.29 is 0 Å². The first-order chi connectivity index (χ1) is 11.4. The number of hydrogen-bond acceptors (Lipinski definition) is 3. The zero-order valence-corrected chi connectivity index (χ0v) is 14.3. The number of thioether (sulfide) groups is 1. The van der Waals surface area contributed by atoms with Crippen LogP contribution >= 0.6 is 11.8 Å². The first kappa shape index (κ1) is 15.1. The molecule has 1 saturated heterocycles. The highest BCUT2D eigenvalue weighted by molar-refractivity contribution is 7.99. The molecule has 2 aliphatic rings. The Bertz CT molecular complexity index is 635. The minimum atomic E-state index is 0.610. The topological polar surface area (TPSA) is 6.48 Å². The summed E-state index contributed by atoms with van der Waals surface area (Å²) in [5, 5.41) is 0. The summed E-state index contributed by atoms with van der Waals surface area (Å²) >= 11 is 2.04. The van der Waals surface area contributed by atoms with Gasteiger partial charge in [-0.15, -0.1) is 11.8 Å². The molecule has 0 aliphatic carbocycles. The maximum atomic E-state index is 2.71. The molecule has 0 saturated carbocycles. The Morgan fingerprint density at radius 1 is 0.826 bits per heavy atom. The smallest absolute Gasteiger partial charge is 0.0367 e. The van der Waals surface area contributed by atoms with Crippen molar-refractivity contribution in [2.45, 2.75) is 23.8 Å². The highest BCUT2D eigenvalue weighted by atomic mass is 32.2. The minimum absolute atomic E-state index is 0.610. The summed E-state index contributed by atoms with van der Waals surface area (Å²) in [5.41, 5.74) is 2.92. The second-order valence-corrected chi connectivity index (χ2v) is 7.54. The van der Waals surface area contributed by atoms with Crippen LogP contribution in [0.25, 0.3) is 0 Å². The lowest BCUT2D eigenvalue weighted by atomic mass is 9.99. The largest absolute Gasteiger partial charge is 0.369 e. The molecule has 3 heteroatoms. The Balaban J connectivity index is 1.48. The molecule has 0 N–H and O–H groups in total. The van der Waals surface area contributed by atoms with Crippen LogP contribution in [-0.2, 0) is 0 Å². The molecule has 2 aliphatic heterocycles. The standard InChI is InChI=1S/C20H24N2S/c1-2-7-17(8-3-1)21-12-14-22(15-13-21)19-10-6-16-23-20-11-5-4-9-18(19)20/h1-5,7-9,11,19H,6,10,12-16H2. The molecule has 0 bridgehead atoms. The van der Waals surface area contributed by atoms with Gasteiger partial charge in [-0.25, -0.2) is 0 Å². The van der Waals surface area contributed by atoms with Crippen LogP contribution in [0, 0.1) is 0 Å². The molecule has 1 unspecified atom stereocenters. The summed E-state index contributed by atoms with van der Waals surface area (Å²) < 4.78 is 0. The number of hydrogen-bond donors (Lipinski definition) is 0. The van der Waals surface area contributed by atoms with Crippen molar-refractivity contribution in [2.24, 2.45) is 0 Å². The summed E-state index contributed by atoms with van der Waals surface area (Å²) in [7, 11) is 0. The number of anilines is 1. The summed E-state index contributed by atoms with van der Waals surface area (Å²) in [4.78, 5) is 6.73. The normalized spacial score (nSPS) is 22.4. The molecule has 1 fully saturated rings. The Morgan fingerprint density at radius 3 is 2.39 bits per heavy atom. The second-order valence-electron chi connectivity index (χ2n) is 6.40. The first-order valence-electron chi connectivity index (χ1n) is 8.67. The molecular formula is C20H24N2S. The van der Waals surface area contributed by atoms with Crippen LogP contribution < -0.4 is 4.90 Å².